The van der Waals surface area contributed by atoms with Gasteiger partial charge in [-0.15, -0.1) is 0 Å². The molecule has 0 radical (unpaired) electrons. The third kappa shape index (κ3) is 4.67. The molecule has 122 valence electrons. The van der Waals surface area contributed by atoms with Gasteiger partial charge in [-0.2, -0.15) is 5.10 Å². The molecule has 0 fully saturated rings. The predicted molar refractivity (Wildman–Crippen MR) is 89.6 cm³/mol. The second-order valence-electron chi connectivity index (χ2n) is 5.32. The zero-order chi connectivity index (χ0) is 16.7. The first-order valence-corrected chi connectivity index (χ1v) is 7.88. The monoisotopic (exact) mass is 314 g/mol. The number of H-pyrrole nitrogens is 1. The first-order chi connectivity index (χ1) is 11.1. The van der Waals surface area contributed by atoms with Gasteiger partial charge in [0.1, 0.15) is 0 Å². The van der Waals surface area contributed by atoms with E-state index in [1.165, 1.54) is 0 Å². The van der Waals surface area contributed by atoms with Crippen LogP contribution in [0.3, 0.4) is 0 Å². The zero-order valence-corrected chi connectivity index (χ0v) is 13.5. The van der Waals surface area contributed by atoms with Crippen LogP contribution in [0.5, 0.6) is 0 Å². The van der Waals surface area contributed by atoms with Crippen LogP contribution in [0, 0.1) is 0 Å². The molecule has 0 saturated carbocycles. The number of hydrogen-bond donors (Lipinski definition) is 3. The smallest absolute Gasteiger partial charge is 0.276 e. The van der Waals surface area contributed by atoms with Gasteiger partial charge < -0.3 is 10.6 Å². The van der Waals surface area contributed by atoms with Crippen LogP contribution in [0.25, 0.3) is 0 Å². The van der Waals surface area contributed by atoms with Crippen molar-refractivity contribution in [2.24, 2.45) is 0 Å². The first-order valence-electron chi connectivity index (χ1n) is 7.88. The zero-order valence-electron chi connectivity index (χ0n) is 13.5. The van der Waals surface area contributed by atoms with Gasteiger partial charge in [-0.3, -0.25) is 14.7 Å². The molecule has 3 N–H and O–H groups in total. The van der Waals surface area contributed by atoms with Gasteiger partial charge in [-0.05, 0) is 43.2 Å². The second-order valence-corrected chi connectivity index (χ2v) is 5.32. The Kier molecular flexibility index (Phi) is 5.91. The standard InChI is InChI=1S/C17H22N4O2/c1-3-5-14-11-15(21-20-14)17(23)19-13-8-6-12(7-9-13)16(22)18-10-4-2/h6-9,11H,3-5,10H2,1-2H3,(H,18,22)(H,19,23)(H,20,21). The Hall–Kier alpha value is -2.63. The lowest BCUT2D eigenvalue weighted by Gasteiger charge is -2.06. The third-order valence-corrected chi connectivity index (χ3v) is 3.32. The van der Waals surface area contributed by atoms with E-state index in [1.807, 2.05) is 6.92 Å². The van der Waals surface area contributed by atoms with Gasteiger partial charge >= 0.3 is 0 Å². The molecule has 0 aliphatic carbocycles. The number of aromatic amines is 1. The number of carbonyl (C=O) groups is 2. The summed E-state index contributed by atoms with van der Waals surface area (Å²) >= 11 is 0. The van der Waals surface area contributed by atoms with Crippen LogP contribution in [-0.2, 0) is 6.42 Å². The summed E-state index contributed by atoms with van der Waals surface area (Å²) in [6.45, 7) is 4.72. The molecule has 0 saturated heterocycles. The van der Waals surface area contributed by atoms with Crippen LogP contribution in [0.2, 0.25) is 0 Å². The SMILES string of the molecule is CCCNC(=O)c1ccc(NC(=O)c2cc(CCC)[nH]n2)cc1. The topological polar surface area (TPSA) is 86.9 Å². The molecule has 2 amide bonds. The minimum atomic E-state index is -0.271. The fraction of sp³-hybridized carbons (Fsp3) is 0.353. The van der Waals surface area contributed by atoms with Crippen LogP contribution in [0.15, 0.2) is 30.3 Å². The minimum Gasteiger partial charge on any atom is -0.352 e. The van der Waals surface area contributed by atoms with Gasteiger partial charge in [0.15, 0.2) is 5.69 Å². The molecule has 0 atom stereocenters. The maximum Gasteiger partial charge on any atom is 0.276 e. The van der Waals surface area contributed by atoms with Crippen molar-refractivity contribution in [3.63, 3.8) is 0 Å². The number of amides is 2. The van der Waals surface area contributed by atoms with E-state index in [0.717, 1.165) is 25.0 Å². The normalized spacial score (nSPS) is 10.3. The number of nitrogens with zero attached hydrogens (tertiary/aromatic N) is 1. The highest BCUT2D eigenvalue weighted by Gasteiger charge is 2.11. The van der Waals surface area contributed by atoms with Crippen LogP contribution in [-0.4, -0.2) is 28.6 Å². The Morgan fingerprint density at radius 3 is 2.48 bits per heavy atom. The Morgan fingerprint density at radius 1 is 1.09 bits per heavy atom. The van der Waals surface area contributed by atoms with E-state index in [9.17, 15) is 9.59 Å². The maximum atomic E-state index is 12.1. The number of rotatable bonds is 7. The van der Waals surface area contributed by atoms with E-state index < -0.39 is 0 Å². The summed E-state index contributed by atoms with van der Waals surface area (Å²) in [4.78, 5) is 23.9. The van der Waals surface area contributed by atoms with E-state index >= 15 is 0 Å². The average Bonchev–Trinajstić information content (AvgIpc) is 3.02. The number of benzene rings is 1. The first kappa shape index (κ1) is 16.7. The Labute approximate surface area is 135 Å². The lowest BCUT2D eigenvalue weighted by molar-refractivity contribution is 0.0953. The third-order valence-electron chi connectivity index (χ3n) is 3.32. The number of anilines is 1. The lowest BCUT2D eigenvalue weighted by atomic mass is 10.2. The second kappa shape index (κ2) is 8.12. The molecular formula is C17H22N4O2. The molecule has 2 aromatic rings. The van der Waals surface area contributed by atoms with Gasteiger partial charge in [0, 0.05) is 23.5 Å². The molecule has 0 bridgehead atoms. The van der Waals surface area contributed by atoms with Crippen LogP contribution in [0.4, 0.5) is 5.69 Å². The van der Waals surface area contributed by atoms with Gasteiger partial charge in [0.25, 0.3) is 11.8 Å². The van der Waals surface area contributed by atoms with Crippen molar-refractivity contribution in [1.29, 1.82) is 0 Å². The molecule has 6 nitrogen and oxygen atoms in total. The molecule has 1 aromatic heterocycles. The highest BCUT2D eigenvalue weighted by Crippen LogP contribution is 2.11. The predicted octanol–water partition coefficient (Wildman–Crippen LogP) is 2.75. The van der Waals surface area contributed by atoms with Gasteiger partial charge in [-0.1, -0.05) is 20.3 Å². The largest absolute Gasteiger partial charge is 0.352 e. The minimum absolute atomic E-state index is 0.110. The average molecular weight is 314 g/mol. The van der Waals surface area contributed by atoms with Crippen molar-refractivity contribution in [3.8, 4) is 0 Å². The number of hydrogen-bond acceptors (Lipinski definition) is 3. The fourth-order valence-electron chi connectivity index (χ4n) is 2.12. The van der Waals surface area contributed by atoms with E-state index in [4.69, 9.17) is 0 Å². The van der Waals surface area contributed by atoms with E-state index in [1.54, 1.807) is 30.3 Å². The number of nitrogens with one attached hydrogen (secondary N) is 3. The van der Waals surface area contributed by atoms with Crippen molar-refractivity contribution in [1.82, 2.24) is 15.5 Å². The summed E-state index contributed by atoms with van der Waals surface area (Å²) in [6.07, 6.45) is 2.75. The van der Waals surface area contributed by atoms with Gasteiger partial charge in [-0.25, -0.2) is 0 Å². The van der Waals surface area contributed by atoms with Crippen LogP contribution < -0.4 is 10.6 Å². The van der Waals surface area contributed by atoms with Crippen molar-refractivity contribution in [2.75, 3.05) is 11.9 Å². The van der Waals surface area contributed by atoms with Gasteiger partial charge in [0.05, 0.1) is 0 Å². The Morgan fingerprint density at radius 2 is 1.83 bits per heavy atom. The van der Waals surface area contributed by atoms with Gasteiger partial charge in [0.2, 0.25) is 0 Å². The molecule has 0 spiro atoms. The van der Waals surface area contributed by atoms with Crippen molar-refractivity contribution >= 4 is 17.5 Å². The molecule has 1 heterocycles. The van der Waals surface area contributed by atoms with E-state index in [0.29, 0.717) is 23.5 Å². The molecule has 23 heavy (non-hydrogen) atoms. The molecule has 0 aliphatic heterocycles. The molecule has 0 aliphatic rings. The molecule has 6 heteroatoms. The Balaban J connectivity index is 1.96. The van der Waals surface area contributed by atoms with Crippen LogP contribution >= 0.6 is 0 Å². The number of aromatic nitrogens is 2. The summed E-state index contributed by atoms with van der Waals surface area (Å²) in [5.74, 6) is -0.381. The molecule has 0 unspecified atom stereocenters. The van der Waals surface area contributed by atoms with E-state index in [2.05, 4.69) is 27.8 Å². The number of carbonyl (C=O) groups excluding carboxylic acids is 2. The van der Waals surface area contributed by atoms with Crippen LogP contribution in [0.1, 0.15) is 53.2 Å². The molecule has 2 rings (SSSR count). The van der Waals surface area contributed by atoms with Crippen molar-refractivity contribution in [3.05, 3.63) is 47.3 Å². The maximum absolute atomic E-state index is 12.1. The summed E-state index contributed by atoms with van der Waals surface area (Å²) < 4.78 is 0. The summed E-state index contributed by atoms with van der Waals surface area (Å²) in [5, 5.41) is 12.4. The highest BCUT2D eigenvalue weighted by atomic mass is 16.2. The van der Waals surface area contributed by atoms with Crippen molar-refractivity contribution in [2.45, 2.75) is 33.1 Å². The molecule has 1 aromatic carbocycles. The molecular weight excluding hydrogens is 292 g/mol. The summed E-state index contributed by atoms with van der Waals surface area (Å²) in [6, 6.07) is 8.55. The lowest BCUT2D eigenvalue weighted by Crippen LogP contribution is -2.23. The number of aryl methyl sites for hydroxylation is 1. The fourth-order valence-corrected chi connectivity index (χ4v) is 2.12. The summed E-state index contributed by atoms with van der Waals surface area (Å²) in [5.41, 5.74) is 2.50. The van der Waals surface area contributed by atoms with E-state index in [-0.39, 0.29) is 11.8 Å². The Bertz CT molecular complexity index is 661. The summed E-state index contributed by atoms with van der Waals surface area (Å²) in [7, 11) is 0. The quantitative estimate of drug-likeness (QED) is 0.734. The highest BCUT2D eigenvalue weighted by molar-refractivity contribution is 6.03. The van der Waals surface area contributed by atoms with Crippen molar-refractivity contribution < 1.29 is 9.59 Å².